The van der Waals surface area contributed by atoms with Gasteiger partial charge in [0.1, 0.15) is 0 Å². The molecule has 0 bridgehead atoms. The lowest BCUT2D eigenvalue weighted by atomic mass is 9.73. The van der Waals surface area contributed by atoms with Crippen LogP contribution in [0.1, 0.15) is 40.0 Å². The fourth-order valence-corrected chi connectivity index (χ4v) is 2.45. The van der Waals surface area contributed by atoms with E-state index < -0.39 is 0 Å². The normalized spacial score (nSPS) is 37.2. The molecule has 0 aliphatic heterocycles. The molecule has 1 saturated carbocycles. The van der Waals surface area contributed by atoms with Crippen molar-refractivity contribution in [1.29, 1.82) is 0 Å². The Bertz CT molecular complexity index is 134. The van der Waals surface area contributed by atoms with Gasteiger partial charge >= 0.3 is 0 Å². The smallest absolute Gasteiger partial charge is 0.0955 e. The van der Waals surface area contributed by atoms with Gasteiger partial charge in [-0.15, -0.1) is 0 Å². The molecule has 2 heteroatoms. The minimum absolute atomic E-state index is 0.0751. The van der Waals surface area contributed by atoms with Gasteiger partial charge in [0.2, 0.25) is 0 Å². The molecule has 0 saturated heterocycles. The summed E-state index contributed by atoms with van der Waals surface area (Å²) in [5.74, 6) is 1.93. The van der Waals surface area contributed by atoms with Crippen molar-refractivity contribution in [2.75, 3.05) is 0 Å². The van der Waals surface area contributed by atoms with Crippen molar-refractivity contribution in [3.63, 3.8) is 0 Å². The van der Waals surface area contributed by atoms with Crippen molar-refractivity contribution < 1.29 is 10.1 Å². The van der Waals surface area contributed by atoms with Crippen molar-refractivity contribution in [3.8, 4) is 0 Å². The third-order valence-corrected chi connectivity index (χ3v) is 3.28. The first-order chi connectivity index (χ1) is 5.66. The summed E-state index contributed by atoms with van der Waals surface area (Å²) in [4.78, 5) is 4.48. The van der Waals surface area contributed by atoms with Gasteiger partial charge in [0.25, 0.3) is 0 Å². The van der Waals surface area contributed by atoms with Crippen LogP contribution in [0.2, 0.25) is 0 Å². The van der Waals surface area contributed by atoms with Crippen molar-refractivity contribution >= 4 is 0 Å². The van der Waals surface area contributed by atoms with E-state index in [0.29, 0.717) is 11.8 Å². The Morgan fingerprint density at radius 1 is 1.33 bits per heavy atom. The van der Waals surface area contributed by atoms with E-state index >= 15 is 0 Å². The highest BCUT2D eigenvalue weighted by molar-refractivity contribution is 4.81. The molecule has 1 N–H and O–H groups in total. The lowest BCUT2D eigenvalue weighted by Gasteiger charge is -2.36. The molecule has 1 aliphatic carbocycles. The van der Waals surface area contributed by atoms with Gasteiger partial charge in [-0.1, -0.05) is 27.2 Å². The van der Waals surface area contributed by atoms with Gasteiger partial charge in [-0.25, -0.2) is 4.89 Å². The molecule has 0 aromatic rings. The van der Waals surface area contributed by atoms with Gasteiger partial charge in [-0.3, -0.25) is 5.26 Å². The van der Waals surface area contributed by atoms with Crippen LogP contribution in [0, 0.1) is 17.8 Å². The molecule has 1 aliphatic rings. The minimum Gasteiger partial charge on any atom is -0.252 e. The maximum Gasteiger partial charge on any atom is 0.0955 e. The van der Waals surface area contributed by atoms with Crippen LogP contribution in [0.5, 0.6) is 0 Å². The maximum absolute atomic E-state index is 8.66. The molecular weight excluding hydrogens is 152 g/mol. The molecule has 2 nitrogen and oxygen atoms in total. The van der Waals surface area contributed by atoms with Gasteiger partial charge in [-0.2, -0.15) is 0 Å². The van der Waals surface area contributed by atoms with E-state index in [1.807, 2.05) is 0 Å². The molecule has 0 aromatic heterocycles. The van der Waals surface area contributed by atoms with Crippen LogP contribution in [0.15, 0.2) is 0 Å². The van der Waals surface area contributed by atoms with Gasteiger partial charge in [0.15, 0.2) is 0 Å². The number of hydrogen-bond acceptors (Lipinski definition) is 2. The van der Waals surface area contributed by atoms with Gasteiger partial charge in [0.05, 0.1) is 6.10 Å². The summed E-state index contributed by atoms with van der Waals surface area (Å²) >= 11 is 0. The van der Waals surface area contributed by atoms with E-state index in [2.05, 4.69) is 25.7 Å². The van der Waals surface area contributed by atoms with Crippen LogP contribution in [0.4, 0.5) is 0 Å². The lowest BCUT2D eigenvalue weighted by Crippen LogP contribution is -2.34. The predicted molar refractivity (Wildman–Crippen MR) is 48.8 cm³/mol. The van der Waals surface area contributed by atoms with Crippen LogP contribution >= 0.6 is 0 Å². The van der Waals surface area contributed by atoms with E-state index in [1.165, 1.54) is 12.8 Å². The Labute approximate surface area is 74.9 Å². The van der Waals surface area contributed by atoms with Gasteiger partial charge in [0, 0.05) is 0 Å². The average Bonchev–Trinajstić information content (AvgIpc) is 2.04. The van der Waals surface area contributed by atoms with Crippen LogP contribution < -0.4 is 0 Å². The molecule has 0 spiro atoms. The highest BCUT2D eigenvalue weighted by Gasteiger charge is 2.32. The van der Waals surface area contributed by atoms with Gasteiger partial charge in [-0.05, 0) is 30.6 Å². The number of hydrogen-bond donors (Lipinski definition) is 1. The predicted octanol–water partition coefficient (Wildman–Crippen LogP) is 2.94. The molecular formula is C10H20O2. The van der Waals surface area contributed by atoms with Crippen molar-refractivity contribution in [2.24, 2.45) is 17.8 Å². The van der Waals surface area contributed by atoms with E-state index in [4.69, 9.17) is 5.26 Å². The molecule has 0 heterocycles. The summed E-state index contributed by atoms with van der Waals surface area (Å²) in [6, 6.07) is 0. The van der Waals surface area contributed by atoms with Crippen LogP contribution in [-0.2, 0) is 4.89 Å². The summed E-state index contributed by atoms with van der Waals surface area (Å²) in [6.07, 6.45) is 3.57. The van der Waals surface area contributed by atoms with E-state index in [9.17, 15) is 0 Å². The standard InChI is InChI=1S/C10H20O2/c1-7(2)9-5-4-6-10(12-11)8(9)3/h7-11H,4-6H2,1-3H3. The van der Waals surface area contributed by atoms with Crippen molar-refractivity contribution in [1.82, 2.24) is 0 Å². The summed E-state index contributed by atoms with van der Waals surface area (Å²) in [5.41, 5.74) is 0. The highest BCUT2D eigenvalue weighted by atomic mass is 17.1. The number of rotatable bonds is 2. The van der Waals surface area contributed by atoms with E-state index in [-0.39, 0.29) is 6.10 Å². The third kappa shape index (κ3) is 1.99. The molecule has 3 unspecified atom stereocenters. The van der Waals surface area contributed by atoms with Crippen LogP contribution in [0.25, 0.3) is 0 Å². The van der Waals surface area contributed by atoms with Gasteiger partial charge < -0.3 is 0 Å². The first kappa shape index (κ1) is 10.0. The molecule has 1 rings (SSSR count). The maximum atomic E-state index is 8.66. The Morgan fingerprint density at radius 3 is 2.50 bits per heavy atom. The second kappa shape index (κ2) is 4.24. The zero-order chi connectivity index (χ0) is 9.14. The largest absolute Gasteiger partial charge is 0.252 e. The fraction of sp³-hybridized carbons (Fsp3) is 1.00. The lowest BCUT2D eigenvalue weighted by molar-refractivity contribution is -0.299. The molecule has 0 aromatic carbocycles. The summed E-state index contributed by atoms with van der Waals surface area (Å²) in [6.45, 7) is 6.69. The second-order valence-electron chi connectivity index (χ2n) is 4.34. The summed E-state index contributed by atoms with van der Waals surface area (Å²) < 4.78 is 0. The average molecular weight is 172 g/mol. The molecule has 0 amide bonds. The molecule has 3 atom stereocenters. The molecule has 72 valence electrons. The Morgan fingerprint density at radius 2 is 2.00 bits per heavy atom. The zero-order valence-corrected chi connectivity index (χ0v) is 8.29. The van der Waals surface area contributed by atoms with Crippen LogP contribution in [0.3, 0.4) is 0 Å². The minimum atomic E-state index is 0.0751. The van der Waals surface area contributed by atoms with E-state index in [1.54, 1.807) is 0 Å². The molecule has 12 heavy (non-hydrogen) atoms. The highest BCUT2D eigenvalue weighted by Crippen LogP contribution is 2.35. The first-order valence-electron chi connectivity index (χ1n) is 4.97. The van der Waals surface area contributed by atoms with Crippen LogP contribution in [-0.4, -0.2) is 11.4 Å². The third-order valence-electron chi connectivity index (χ3n) is 3.28. The topological polar surface area (TPSA) is 29.5 Å². The molecule has 0 radical (unpaired) electrons. The fourth-order valence-electron chi connectivity index (χ4n) is 2.45. The Kier molecular flexibility index (Phi) is 3.53. The first-order valence-corrected chi connectivity index (χ1v) is 4.97. The summed E-state index contributed by atoms with van der Waals surface area (Å²) in [7, 11) is 0. The van der Waals surface area contributed by atoms with E-state index in [0.717, 1.165) is 12.3 Å². The SMILES string of the molecule is CC(C)C1CCCC(OO)C1C. The second-order valence-corrected chi connectivity index (χ2v) is 4.34. The molecule has 1 fully saturated rings. The van der Waals surface area contributed by atoms with Crippen molar-refractivity contribution in [2.45, 2.75) is 46.1 Å². The summed E-state index contributed by atoms with van der Waals surface area (Å²) in [5, 5.41) is 8.66. The Hall–Kier alpha value is -0.0800. The zero-order valence-electron chi connectivity index (χ0n) is 8.29. The van der Waals surface area contributed by atoms with Crippen molar-refractivity contribution in [3.05, 3.63) is 0 Å². The quantitative estimate of drug-likeness (QED) is 0.512. The monoisotopic (exact) mass is 172 g/mol. The Balaban J connectivity index is 2.53.